The van der Waals surface area contributed by atoms with Crippen molar-refractivity contribution in [3.8, 4) is 0 Å². The molecule has 0 spiro atoms. The average molecular weight is 389 g/mol. The van der Waals surface area contributed by atoms with Crippen LogP contribution in [0, 0.1) is 20.8 Å². The summed E-state index contributed by atoms with van der Waals surface area (Å²) in [6.45, 7) is 4.76. The predicted molar refractivity (Wildman–Crippen MR) is 90.2 cm³/mol. The lowest BCUT2D eigenvalue weighted by molar-refractivity contribution is -0.141. The van der Waals surface area contributed by atoms with E-state index >= 15 is 0 Å². The molecule has 25 heavy (non-hydrogen) atoms. The van der Waals surface area contributed by atoms with E-state index in [9.17, 15) is 18.0 Å². The van der Waals surface area contributed by atoms with E-state index in [2.05, 4.69) is 10.1 Å². The van der Waals surface area contributed by atoms with Gasteiger partial charge in [0.2, 0.25) is 0 Å². The Labute approximate surface area is 149 Å². The lowest BCUT2D eigenvalue weighted by atomic mass is 10.1. The predicted octanol–water partition coefficient (Wildman–Crippen LogP) is 4.36. The number of hydrogen-bond donors (Lipinski definition) is 1. The molecular formula is C15H12ClF3N4OS. The molecule has 0 atom stereocenters. The minimum absolute atomic E-state index is 0.0563. The number of alkyl halides is 3. The molecule has 0 aliphatic heterocycles. The highest BCUT2D eigenvalue weighted by molar-refractivity contribution is 7.21. The highest BCUT2D eigenvalue weighted by Gasteiger charge is 2.34. The quantitative estimate of drug-likeness (QED) is 0.672. The summed E-state index contributed by atoms with van der Waals surface area (Å²) in [6.07, 6.45) is -4.58. The molecule has 0 aromatic carbocycles. The van der Waals surface area contributed by atoms with Gasteiger partial charge in [0.05, 0.1) is 22.1 Å². The van der Waals surface area contributed by atoms with Crippen LogP contribution in [-0.2, 0) is 6.18 Å². The average Bonchev–Trinajstić information content (AvgIpc) is 2.98. The molecule has 2 N–H and O–H groups in total. The Morgan fingerprint density at radius 2 is 1.96 bits per heavy atom. The summed E-state index contributed by atoms with van der Waals surface area (Å²) in [5.41, 5.74) is 6.30. The van der Waals surface area contributed by atoms with Crippen LogP contribution in [0.5, 0.6) is 0 Å². The van der Waals surface area contributed by atoms with Crippen molar-refractivity contribution in [2.24, 2.45) is 0 Å². The number of hydrogen-bond acceptors (Lipinski definition) is 5. The van der Waals surface area contributed by atoms with Gasteiger partial charge in [-0.05, 0) is 32.4 Å². The molecule has 0 radical (unpaired) electrons. The Morgan fingerprint density at radius 3 is 2.48 bits per heavy atom. The SMILES string of the molecule is Cc1nn(C(=O)c2sc3nc(C(F)(F)F)cc(C)c3c2N)c(C)c1Cl. The third kappa shape index (κ3) is 2.77. The van der Waals surface area contributed by atoms with E-state index < -0.39 is 17.8 Å². The Balaban J connectivity index is 2.20. The van der Waals surface area contributed by atoms with Crippen LogP contribution in [-0.4, -0.2) is 20.7 Å². The first-order valence-corrected chi connectivity index (χ1v) is 8.25. The van der Waals surface area contributed by atoms with Crippen LogP contribution < -0.4 is 5.73 Å². The van der Waals surface area contributed by atoms with Crippen molar-refractivity contribution in [2.45, 2.75) is 26.9 Å². The number of thiophene rings is 1. The zero-order valence-corrected chi connectivity index (χ0v) is 14.9. The van der Waals surface area contributed by atoms with Crippen molar-refractivity contribution in [2.75, 3.05) is 5.73 Å². The highest BCUT2D eigenvalue weighted by Crippen LogP contribution is 2.38. The number of rotatable bonds is 1. The van der Waals surface area contributed by atoms with Crippen LogP contribution in [0.3, 0.4) is 0 Å². The Bertz CT molecular complexity index is 1020. The number of carbonyl (C=O) groups is 1. The molecule has 10 heteroatoms. The fourth-order valence-corrected chi connectivity index (χ4v) is 3.75. The van der Waals surface area contributed by atoms with Crippen LogP contribution in [0.25, 0.3) is 10.2 Å². The van der Waals surface area contributed by atoms with Crippen LogP contribution in [0.1, 0.15) is 32.3 Å². The van der Waals surface area contributed by atoms with Crippen molar-refractivity contribution in [3.63, 3.8) is 0 Å². The molecule has 0 unspecified atom stereocenters. The molecule has 0 saturated heterocycles. The van der Waals surface area contributed by atoms with Crippen molar-refractivity contribution >= 4 is 44.7 Å². The first kappa shape index (κ1) is 17.7. The molecule has 0 bridgehead atoms. The minimum atomic E-state index is -4.58. The maximum Gasteiger partial charge on any atom is 0.433 e. The van der Waals surface area contributed by atoms with E-state index in [1.807, 2.05) is 0 Å². The molecular weight excluding hydrogens is 377 g/mol. The van der Waals surface area contributed by atoms with Gasteiger partial charge in [0, 0.05) is 5.39 Å². The van der Waals surface area contributed by atoms with Gasteiger partial charge in [-0.2, -0.15) is 23.0 Å². The van der Waals surface area contributed by atoms with Crippen LogP contribution in [0.15, 0.2) is 6.07 Å². The number of aryl methyl sites for hydroxylation is 2. The molecule has 3 heterocycles. The smallest absolute Gasteiger partial charge is 0.397 e. The Kier molecular flexibility index (Phi) is 4.03. The zero-order chi connectivity index (χ0) is 18.7. The molecule has 0 aliphatic carbocycles. The summed E-state index contributed by atoms with van der Waals surface area (Å²) in [5, 5.41) is 4.75. The van der Waals surface area contributed by atoms with Gasteiger partial charge in [0.25, 0.3) is 5.91 Å². The van der Waals surface area contributed by atoms with Crippen LogP contribution in [0.4, 0.5) is 18.9 Å². The normalized spacial score (nSPS) is 12.1. The number of fused-ring (bicyclic) bond motifs is 1. The van der Waals surface area contributed by atoms with Gasteiger partial charge < -0.3 is 5.73 Å². The number of nitrogen functional groups attached to an aromatic ring is 1. The van der Waals surface area contributed by atoms with Crippen LogP contribution in [0.2, 0.25) is 5.02 Å². The van der Waals surface area contributed by atoms with Gasteiger partial charge >= 0.3 is 6.18 Å². The second-order valence-corrected chi connectivity index (χ2v) is 6.93. The molecule has 5 nitrogen and oxygen atoms in total. The second kappa shape index (κ2) is 5.70. The van der Waals surface area contributed by atoms with Crippen molar-refractivity contribution in [1.82, 2.24) is 14.8 Å². The molecule has 132 valence electrons. The van der Waals surface area contributed by atoms with Gasteiger partial charge in [-0.15, -0.1) is 11.3 Å². The van der Waals surface area contributed by atoms with Gasteiger partial charge in [-0.1, -0.05) is 11.6 Å². The standard InChI is InChI=1S/C15H12ClF3N4OS/c1-5-4-8(15(17,18)19)21-13-9(5)11(20)12(25-13)14(24)23-7(3)10(16)6(2)22-23/h4H,20H2,1-3H3. The summed E-state index contributed by atoms with van der Waals surface area (Å²) >= 11 is 6.85. The zero-order valence-electron chi connectivity index (χ0n) is 13.3. The highest BCUT2D eigenvalue weighted by atomic mass is 35.5. The van der Waals surface area contributed by atoms with Gasteiger partial charge in [0.15, 0.2) is 0 Å². The van der Waals surface area contributed by atoms with Crippen molar-refractivity contribution in [1.29, 1.82) is 0 Å². The largest absolute Gasteiger partial charge is 0.433 e. The van der Waals surface area contributed by atoms with Gasteiger partial charge in [0.1, 0.15) is 15.4 Å². The minimum Gasteiger partial charge on any atom is -0.397 e. The topological polar surface area (TPSA) is 73.8 Å². The summed E-state index contributed by atoms with van der Waals surface area (Å²) < 4.78 is 39.9. The van der Waals surface area contributed by atoms with E-state index in [1.54, 1.807) is 13.8 Å². The lowest BCUT2D eigenvalue weighted by Gasteiger charge is -2.07. The third-order valence-corrected chi connectivity index (χ3v) is 5.41. The maximum absolute atomic E-state index is 12.9. The van der Waals surface area contributed by atoms with Gasteiger partial charge in [-0.25, -0.2) is 4.98 Å². The van der Waals surface area contributed by atoms with E-state index in [4.69, 9.17) is 17.3 Å². The summed E-state index contributed by atoms with van der Waals surface area (Å²) in [5.74, 6) is -0.555. The van der Waals surface area contributed by atoms with Crippen molar-refractivity contribution < 1.29 is 18.0 Å². The lowest BCUT2D eigenvalue weighted by Crippen LogP contribution is -2.15. The van der Waals surface area contributed by atoms with Gasteiger partial charge in [-0.3, -0.25) is 4.79 Å². The summed E-state index contributed by atoms with van der Waals surface area (Å²) in [6, 6.07) is 0.917. The number of carbonyl (C=O) groups excluding carboxylic acids is 1. The van der Waals surface area contributed by atoms with E-state index in [0.717, 1.165) is 22.1 Å². The number of anilines is 1. The molecule has 3 rings (SSSR count). The fraction of sp³-hybridized carbons (Fsp3) is 0.267. The third-order valence-electron chi connectivity index (χ3n) is 3.78. The van der Waals surface area contributed by atoms with E-state index in [1.165, 1.54) is 6.92 Å². The molecule has 0 amide bonds. The second-order valence-electron chi connectivity index (χ2n) is 5.55. The Hall–Kier alpha value is -2.13. The maximum atomic E-state index is 12.9. The first-order chi connectivity index (χ1) is 11.5. The number of pyridine rings is 1. The first-order valence-electron chi connectivity index (χ1n) is 7.05. The molecule has 3 aromatic rings. The number of aromatic nitrogens is 3. The number of nitrogens with zero attached hydrogens (tertiary/aromatic N) is 3. The van der Waals surface area contributed by atoms with E-state index in [0.29, 0.717) is 27.4 Å². The number of halogens is 4. The Morgan fingerprint density at radius 1 is 1.32 bits per heavy atom. The summed E-state index contributed by atoms with van der Waals surface area (Å²) in [7, 11) is 0. The monoisotopic (exact) mass is 388 g/mol. The molecule has 0 aliphatic rings. The molecule has 0 saturated carbocycles. The number of nitrogens with two attached hydrogens (primary N) is 1. The molecule has 0 fully saturated rings. The fourth-order valence-electron chi connectivity index (χ4n) is 2.53. The van der Waals surface area contributed by atoms with Crippen LogP contribution >= 0.6 is 22.9 Å². The summed E-state index contributed by atoms with van der Waals surface area (Å²) in [4.78, 5) is 16.5. The van der Waals surface area contributed by atoms with Crippen molar-refractivity contribution in [3.05, 3.63) is 38.6 Å². The molecule has 3 aromatic heterocycles. The van der Waals surface area contributed by atoms with E-state index in [-0.39, 0.29) is 15.4 Å².